The van der Waals surface area contributed by atoms with E-state index in [-0.39, 0.29) is 28.4 Å². The molecule has 2 bridgehead atoms. The minimum Gasteiger partial charge on any atom is -0.468 e. The van der Waals surface area contributed by atoms with Gasteiger partial charge in [-0.2, -0.15) is 0 Å². The van der Waals surface area contributed by atoms with Crippen LogP contribution in [0.1, 0.15) is 103 Å². The maximum atomic E-state index is 7.66. The Balaban J connectivity index is 1.15. The number of furan rings is 1. The summed E-state index contributed by atoms with van der Waals surface area (Å²) in [6.07, 6.45) is 4.90. The number of benzene rings is 8. The van der Waals surface area contributed by atoms with Crippen LogP contribution in [0.3, 0.4) is 0 Å². The summed E-state index contributed by atoms with van der Waals surface area (Å²) < 4.78 is 7.66. The third-order valence-electron chi connectivity index (χ3n) is 16.9. The minimum absolute atomic E-state index is 0.0140. The second kappa shape index (κ2) is 15.6. The maximum Gasteiger partial charge on any atom is 0.297 e. The largest absolute Gasteiger partial charge is 0.468 e. The molecule has 3 aliphatic carbocycles. The average molecular weight is 924 g/mol. The molecule has 9 aromatic rings. The van der Waals surface area contributed by atoms with Crippen molar-refractivity contribution in [3.05, 3.63) is 204 Å². The van der Waals surface area contributed by atoms with Gasteiger partial charge in [0.15, 0.2) is 0 Å². The predicted octanol–water partition coefficient (Wildman–Crippen LogP) is 16.4. The van der Waals surface area contributed by atoms with Crippen LogP contribution in [-0.2, 0) is 21.7 Å². The molecule has 0 saturated heterocycles. The Kier molecular flexibility index (Phi) is 9.63. The van der Waals surface area contributed by atoms with Crippen LogP contribution >= 0.6 is 0 Å². The SMILES string of the molecule is CC(C)(C)c1ccc(N2c3cc(C(C)(C)C)cc4c3B(c3ccc(N(c5ccccc5)c5ccccc5)cc3N4c3ccccc3-c3ccccc3)c3oc4cc5c(cc4c32)C2(C)CCC5(C)CC2)cc1. The zero-order chi connectivity index (χ0) is 48.6. The Morgan fingerprint density at radius 1 is 0.493 bits per heavy atom. The molecule has 8 aromatic carbocycles. The molecular weight excluding hydrogens is 862 g/mol. The summed E-state index contributed by atoms with van der Waals surface area (Å²) in [5.74, 6) is 0. The van der Waals surface area contributed by atoms with Crippen LogP contribution in [0.5, 0.6) is 0 Å². The first-order valence-electron chi connectivity index (χ1n) is 25.9. The normalized spacial score (nSPS) is 18.8. The molecule has 71 heavy (non-hydrogen) atoms. The molecule has 2 aliphatic heterocycles. The molecule has 0 radical (unpaired) electrons. The highest BCUT2D eigenvalue weighted by atomic mass is 16.3. The van der Waals surface area contributed by atoms with Gasteiger partial charge in [-0.1, -0.05) is 159 Å². The van der Waals surface area contributed by atoms with E-state index in [0.717, 1.165) is 45.4 Å². The van der Waals surface area contributed by atoms with E-state index in [2.05, 4.69) is 252 Å². The molecule has 0 amide bonds. The van der Waals surface area contributed by atoms with Gasteiger partial charge in [0, 0.05) is 50.8 Å². The Labute approximate surface area is 420 Å². The summed E-state index contributed by atoms with van der Waals surface area (Å²) in [4.78, 5) is 7.57. The van der Waals surface area contributed by atoms with Crippen LogP contribution in [0.15, 0.2) is 186 Å². The van der Waals surface area contributed by atoms with Gasteiger partial charge >= 0.3 is 0 Å². The van der Waals surface area contributed by atoms with E-state index >= 15 is 0 Å². The van der Waals surface area contributed by atoms with Crippen LogP contribution < -0.4 is 31.3 Å². The topological polar surface area (TPSA) is 22.9 Å². The number of para-hydroxylation sites is 3. The van der Waals surface area contributed by atoms with E-state index < -0.39 is 0 Å². The second-order valence-corrected chi connectivity index (χ2v) is 23.5. The van der Waals surface area contributed by atoms with E-state index in [1.165, 1.54) is 92.4 Å². The highest BCUT2D eigenvalue weighted by Gasteiger charge is 2.51. The Morgan fingerprint density at radius 3 is 1.65 bits per heavy atom. The van der Waals surface area contributed by atoms with Gasteiger partial charge in [0.2, 0.25) is 0 Å². The van der Waals surface area contributed by atoms with E-state index in [1.54, 1.807) is 0 Å². The molecule has 1 saturated carbocycles. The standard InChI is InChI=1S/C66H62BN3O/c1-63(2,3)44-28-30-48(31-29-44)69-57-38-45(64(4,5)6)39-58-60(57)67(62-61(69)51-41-52-53(42-59(51)71-62)66(8)36-34-65(52,7)35-37-66)54-33-32-49(68(46-22-14-10-15-23-46)47-24-16-11-17-25-47)40-56(54)70(58)55-27-19-18-26-50(55)43-20-12-9-13-21-43/h9-33,38-42H,34-37H2,1-8H3. The molecule has 4 nitrogen and oxygen atoms in total. The number of nitrogens with zero attached hydrogens (tertiary/aromatic N) is 3. The summed E-state index contributed by atoms with van der Waals surface area (Å²) >= 11 is 0. The van der Waals surface area contributed by atoms with Crippen LogP contribution in [-0.4, -0.2) is 6.71 Å². The fourth-order valence-corrected chi connectivity index (χ4v) is 12.7. The molecule has 5 heteroatoms. The molecule has 1 fully saturated rings. The molecule has 0 spiro atoms. The van der Waals surface area contributed by atoms with Crippen LogP contribution in [0.2, 0.25) is 0 Å². The van der Waals surface area contributed by atoms with Crippen molar-refractivity contribution in [3.63, 3.8) is 0 Å². The van der Waals surface area contributed by atoms with Crippen molar-refractivity contribution < 1.29 is 4.42 Å². The quantitative estimate of drug-likeness (QED) is 0.155. The first kappa shape index (κ1) is 43.8. The van der Waals surface area contributed by atoms with E-state index in [1.807, 2.05) is 0 Å². The first-order chi connectivity index (χ1) is 34.2. The minimum atomic E-state index is -0.187. The second-order valence-electron chi connectivity index (χ2n) is 23.5. The number of fused-ring (bicyclic) bond motifs is 8. The lowest BCUT2D eigenvalue weighted by molar-refractivity contribution is 0.188. The summed E-state index contributed by atoms with van der Waals surface area (Å²) in [6, 6.07) is 68.1. The summed E-state index contributed by atoms with van der Waals surface area (Å²) in [6.45, 7) is 18.8. The van der Waals surface area contributed by atoms with Gasteiger partial charge in [0.1, 0.15) is 5.58 Å². The van der Waals surface area contributed by atoms with Gasteiger partial charge < -0.3 is 19.1 Å². The maximum absolute atomic E-state index is 7.66. The lowest BCUT2D eigenvalue weighted by Gasteiger charge is -2.52. The fraction of sp³-hybridized carbons (Fsp3) is 0.242. The number of rotatable bonds is 6. The molecule has 350 valence electrons. The lowest BCUT2D eigenvalue weighted by atomic mass is 9.35. The van der Waals surface area contributed by atoms with E-state index in [9.17, 15) is 0 Å². The lowest BCUT2D eigenvalue weighted by Crippen LogP contribution is -2.61. The van der Waals surface area contributed by atoms with Gasteiger partial charge in [-0.15, -0.1) is 0 Å². The molecule has 3 heterocycles. The Morgan fingerprint density at radius 2 is 1.04 bits per heavy atom. The van der Waals surface area contributed by atoms with Crippen molar-refractivity contribution in [1.29, 1.82) is 0 Å². The van der Waals surface area contributed by atoms with Crippen LogP contribution in [0.25, 0.3) is 22.1 Å². The molecule has 0 unspecified atom stereocenters. The van der Waals surface area contributed by atoms with Crippen molar-refractivity contribution in [3.8, 4) is 11.1 Å². The number of anilines is 9. The number of hydrogen-bond acceptors (Lipinski definition) is 4. The van der Waals surface area contributed by atoms with E-state index in [4.69, 9.17) is 4.42 Å². The summed E-state index contributed by atoms with van der Waals surface area (Å²) in [7, 11) is 0. The predicted molar refractivity (Wildman–Crippen MR) is 301 cm³/mol. The molecule has 1 aromatic heterocycles. The van der Waals surface area contributed by atoms with Crippen molar-refractivity contribution in [2.75, 3.05) is 14.7 Å². The molecule has 14 rings (SSSR count). The van der Waals surface area contributed by atoms with Gasteiger partial charge in [-0.3, -0.25) is 0 Å². The average Bonchev–Trinajstić information content (AvgIpc) is 3.76. The monoisotopic (exact) mass is 923 g/mol. The van der Waals surface area contributed by atoms with Crippen molar-refractivity contribution in [2.45, 2.75) is 103 Å². The zero-order valence-corrected chi connectivity index (χ0v) is 42.5. The van der Waals surface area contributed by atoms with Gasteiger partial charge in [0.05, 0.1) is 17.0 Å². The smallest absolute Gasteiger partial charge is 0.297 e. The van der Waals surface area contributed by atoms with Crippen LogP contribution in [0, 0.1) is 0 Å². The van der Waals surface area contributed by atoms with Gasteiger partial charge in [-0.25, -0.2) is 0 Å². The highest BCUT2D eigenvalue weighted by molar-refractivity contribution is 7.00. The van der Waals surface area contributed by atoms with Crippen LogP contribution in [0.4, 0.5) is 51.2 Å². The zero-order valence-electron chi connectivity index (χ0n) is 42.5. The fourth-order valence-electron chi connectivity index (χ4n) is 12.7. The van der Waals surface area contributed by atoms with Gasteiger partial charge in [-0.05, 0) is 165 Å². The van der Waals surface area contributed by atoms with Crippen molar-refractivity contribution in [1.82, 2.24) is 0 Å². The third-order valence-corrected chi connectivity index (χ3v) is 16.9. The van der Waals surface area contributed by atoms with Crippen molar-refractivity contribution >= 4 is 85.5 Å². The third kappa shape index (κ3) is 6.79. The summed E-state index contributed by atoms with van der Waals surface area (Å²) in [5.41, 5.74) is 22.9. The molecule has 5 aliphatic rings. The summed E-state index contributed by atoms with van der Waals surface area (Å²) in [5, 5.41) is 1.21. The first-order valence-corrected chi connectivity index (χ1v) is 25.9. The molecule has 0 atom stereocenters. The Hall–Kier alpha value is -7.24. The number of hydrogen-bond donors (Lipinski definition) is 0. The molecular formula is C66H62BN3O. The highest BCUT2D eigenvalue weighted by Crippen LogP contribution is 2.58. The van der Waals surface area contributed by atoms with Gasteiger partial charge in [0.25, 0.3) is 6.71 Å². The van der Waals surface area contributed by atoms with E-state index in [0.29, 0.717) is 0 Å². The molecule has 0 N–H and O–H groups in total. The Bertz CT molecular complexity index is 3500. The van der Waals surface area contributed by atoms with Crippen molar-refractivity contribution in [2.24, 2.45) is 0 Å².